The molecule has 1 fully saturated rings. The van der Waals surface area contributed by atoms with Crippen molar-refractivity contribution in [1.82, 2.24) is 19.7 Å². The summed E-state index contributed by atoms with van der Waals surface area (Å²) in [6.07, 6.45) is 5.50. The van der Waals surface area contributed by atoms with Crippen LogP contribution in [0.2, 0.25) is 0 Å². The van der Waals surface area contributed by atoms with Gasteiger partial charge in [-0.2, -0.15) is 5.10 Å². The van der Waals surface area contributed by atoms with E-state index in [1.165, 1.54) is 10.3 Å². The van der Waals surface area contributed by atoms with E-state index in [1.807, 2.05) is 25.1 Å². The van der Waals surface area contributed by atoms with Gasteiger partial charge in [0.15, 0.2) is 5.13 Å². The molecular weight excluding hydrogens is 386 g/mol. The molecule has 7 nitrogen and oxygen atoms in total. The van der Waals surface area contributed by atoms with Crippen molar-refractivity contribution in [3.63, 3.8) is 0 Å². The zero-order chi connectivity index (χ0) is 20.5. The molecule has 3 aromatic rings. The Morgan fingerprint density at radius 2 is 2.10 bits per heavy atom. The first-order valence-electron chi connectivity index (χ1n) is 9.89. The van der Waals surface area contributed by atoms with Gasteiger partial charge in [0.1, 0.15) is 11.3 Å². The molecule has 0 radical (unpaired) electrons. The predicted molar refractivity (Wildman–Crippen MR) is 116 cm³/mol. The van der Waals surface area contributed by atoms with Crippen molar-refractivity contribution < 1.29 is 9.53 Å². The van der Waals surface area contributed by atoms with Crippen LogP contribution < -0.4 is 9.64 Å². The van der Waals surface area contributed by atoms with E-state index in [2.05, 4.69) is 23.0 Å². The standard InChI is InChI=1S/C21H27N5O2S/c1-14-5-6-17(28-4)18-19(14)29-21(23-18)26-9-7-15(8-10-26)12-24(2)20(27)16-11-22-25(3)13-16/h5-6,11,13,15H,7-10,12H2,1-4H3. The van der Waals surface area contributed by atoms with Gasteiger partial charge in [0.25, 0.3) is 5.91 Å². The number of nitrogens with zero attached hydrogens (tertiary/aromatic N) is 5. The first-order valence-corrected chi connectivity index (χ1v) is 10.7. The van der Waals surface area contributed by atoms with Crippen molar-refractivity contribution in [2.45, 2.75) is 19.8 Å². The van der Waals surface area contributed by atoms with Gasteiger partial charge in [-0.3, -0.25) is 9.48 Å². The first kappa shape index (κ1) is 19.7. The van der Waals surface area contributed by atoms with Gasteiger partial charge in [-0.1, -0.05) is 17.4 Å². The Bertz CT molecular complexity index is 1020. The maximum absolute atomic E-state index is 12.6. The van der Waals surface area contributed by atoms with E-state index < -0.39 is 0 Å². The molecular formula is C21H27N5O2S. The number of benzene rings is 1. The Morgan fingerprint density at radius 1 is 1.34 bits per heavy atom. The molecule has 0 bridgehead atoms. The van der Waals surface area contributed by atoms with Crippen molar-refractivity contribution in [2.75, 3.05) is 38.7 Å². The van der Waals surface area contributed by atoms with Crippen LogP contribution in [0.3, 0.4) is 0 Å². The molecule has 0 spiro atoms. The smallest absolute Gasteiger partial charge is 0.256 e. The Balaban J connectivity index is 1.39. The predicted octanol–water partition coefficient (Wildman–Crippen LogP) is 3.34. The van der Waals surface area contributed by atoms with Crippen LogP contribution in [0.1, 0.15) is 28.8 Å². The van der Waals surface area contributed by atoms with E-state index in [0.717, 1.165) is 48.9 Å². The highest BCUT2D eigenvalue weighted by Gasteiger charge is 2.25. The minimum atomic E-state index is 0.0364. The van der Waals surface area contributed by atoms with Crippen molar-refractivity contribution in [1.29, 1.82) is 0 Å². The molecule has 0 atom stereocenters. The zero-order valence-electron chi connectivity index (χ0n) is 17.4. The Hall–Kier alpha value is -2.61. The monoisotopic (exact) mass is 413 g/mol. The number of piperidine rings is 1. The minimum Gasteiger partial charge on any atom is -0.494 e. The lowest BCUT2D eigenvalue weighted by Gasteiger charge is -2.33. The van der Waals surface area contributed by atoms with Gasteiger partial charge in [0.2, 0.25) is 0 Å². The molecule has 0 N–H and O–H groups in total. The number of carbonyl (C=O) groups is 1. The van der Waals surface area contributed by atoms with Gasteiger partial charge in [-0.25, -0.2) is 4.98 Å². The quantitative estimate of drug-likeness (QED) is 0.642. The number of carbonyl (C=O) groups excluding carboxylic acids is 1. The maximum Gasteiger partial charge on any atom is 0.256 e. The van der Waals surface area contributed by atoms with Crippen LogP contribution in [0, 0.1) is 12.8 Å². The molecule has 0 saturated carbocycles. The van der Waals surface area contributed by atoms with Crippen LogP contribution in [0.15, 0.2) is 24.5 Å². The van der Waals surface area contributed by atoms with Crippen LogP contribution in [-0.2, 0) is 7.05 Å². The lowest BCUT2D eigenvalue weighted by Crippen LogP contribution is -2.39. The molecule has 1 aliphatic heterocycles. The van der Waals surface area contributed by atoms with E-state index in [4.69, 9.17) is 9.72 Å². The average Bonchev–Trinajstić information content (AvgIpc) is 3.36. The highest BCUT2D eigenvalue weighted by molar-refractivity contribution is 7.22. The number of aryl methyl sites for hydroxylation is 2. The summed E-state index contributed by atoms with van der Waals surface area (Å²) in [5.74, 6) is 1.37. The summed E-state index contributed by atoms with van der Waals surface area (Å²) in [5.41, 5.74) is 2.83. The van der Waals surface area contributed by atoms with E-state index in [0.29, 0.717) is 11.5 Å². The second-order valence-corrected chi connectivity index (χ2v) is 8.76. The largest absolute Gasteiger partial charge is 0.494 e. The molecule has 3 heterocycles. The first-order chi connectivity index (χ1) is 14.0. The summed E-state index contributed by atoms with van der Waals surface area (Å²) < 4.78 is 8.35. The molecule has 8 heteroatoms. The highest BCUT2D eigenvalue weighted by Crippen LogP contribution is 2.37. The van der Waals surface area contributed by atoms with Gasteiger partial charge < -0.3 is 14.5 Å². The van der Waals surface area contributed by atoms with Gasteiger partial charge in [0, 0.05) is 39.9 Å². The van der Waals surface area contributed by atoms with Crippen LogP contribution in [-0.4, -0.2) is 59.4 Å². The number of amides is 1. The van der Waals surface area contributed by atoms with Gasteiger partial charge >= 0.3 is 0 Å². The summed E-state index contributed by atoms with van der Waals surface area (Å²) >= 11 is 1.74. The number of methoxy groups -OCH3 is 1. The summed E-state index contributed by atoms with van der Waals surface area (Å²) in [6.45, 7) is 4.81. The van der Waals surface area contributed by atoms with Crippen molar-refractivity contribution in [3.8, 4) is 5.75 Å². The van der Waals surface area contributed by atoms with E-state index in [9.17, 15) is 4.79 Å². The Labute approximate surface area is 174 Å². The molecule has 4 rings (SSSR count). The van der Waals surface area contributed by atoms with Crippen LogP contribution in [0.4, 0.5) is 5.13 Å². The summed E-state index contributed by atoms with van der Waals surface area (Å²) in [7, 11) is 5.40. The summed E-state index contributed by atoms with van der Waals surface area (Å²) in [5, 5.41) is 5.16. The fourth-order valence-electron chi connectivity index (χ4n) is 3.93. The molecule has 1 amide bonds. The van der Waals surface area contributed by atoms with Crippen molar-refractivity contribution >= 4 is 32.6 Å². The Kier molecular flexibility index (Phi) is 5.45. The molecule has 1 aliphatic rings. The third-order valence-corrected chi connectivity index (χ3v) is 6.88. The number of hydrogen-bond donors (Lipinski definition) is 0. The number of anilines is 1. The second kappa shape index (κ2) is 8.02. The lowest BCUT2D eigenvalue weighted by molar-refractivity contribution is 0.0765. The van der Waals surface area contributed by atoms with Crippen molar-refractivity contribution in [2.24, 2.45) is 13.0 Å². The normalized spacial score (nSPS) is 15.1. The number of rotatable bonds is 5. The average molecular weight is 414 g/mol. The van der Waals surface area contributed by atoms with E-state index in [-0.39, 0.29) is 5.91 Å². The third kappa shape index (κ3) is 3.94. The molecule has 1 aromatic carbocycles. The topological polar surface area (TPSA) is 63.5 Å². The number of thiazole rings is 1. The second-order valence-electron chi connectivity index (χ2n) is 7.78. The van der Waals surface area contributed by atoms with E-state index in [1.54, 1.807) is 35.5 Å². The SMILES string of the molecule is COc1ccc(C)c2sc(N3CCC(CN(C)C(=O)c4cnn(C)c4)CC3)nc12. The Morgan fingerprint density at radius 3 is 2.76 bits per heavy atom. The summed E-state index contributed by atoms with van der Waals surface area (Å²) in [4.78, 5) is 21.6. The molecule has 29 heavy (non-hydrogen) atoms. The minimum absolute atomic E-state index is 0.0364. The molecule has 154 valence electrons. The zero-order valence-corrected chi connectivity index (χ0v) is 18.2. The number of aromatic nitrogens is 3. The van der Waals surface area contributed by atoms with Gasteiger partial charge in [0.05, 0.1) is 23.6 Å². The summed E-state index contributed by atoms with van der Waals surface area (Å²) in [6, 6.07) is 4.08. The highest BCUT2D eigenvalue weighted by atomic mass is 32.1. The fraction of sp³-hybridized carbons (Fsp3) is 0.476. The van der Waals surface area contributed by atoms with E-state index >= 15 is 0 Å². The van der Waals surface area contributed by atoms with Crippen LogP contribution in [0.5, 0.6) is 5.75 Å². The number of hydrogen-bond acceptors (Lipinski definition) is 6. The van der Waals surface area contributed by atoms with Gasteiger partial charge in [-0.15, -0.1) is 0 Å². The maximum atomic E-state index is 12.6. The molecule has 0 unspecified atom stereocenters. The molecule has 0 aliphatic carbocycles. The molecule has 2 aromatic heterocycles. The van der Waals surface area contributed by atoms with Crippen LogP contribution >= 0.6 is 11.3 Å². The number of ether oxygens (including phenoxy) is 1. The number of fused-ring (bicyclic) bond motifs is 1. The van der Waals surface area contributed by atoms with Crippen LogP contribution in [0.25, 0.3) is 10.2 Å². The molecule has 1 saturated heterocycles. The third-order valence-electron chi connectivity index (χ3n) is 5.63. The lowest BCUT2D eigenvalue weighted by atomic mass is 9.96. The van der Waals surface area contributed by atoms with Crippen molar-refractivity contribution in [3.05, 3.63) is 35.7 Å². The van der Waals surface area contributed by atoms with Gasteiger partial charge in [-0.05, 0) is 37.3 Å². The fourth-order valence-corrected chi connectivity index (χ4v) is 5.03.